The maximum atomic E-state index is 12.6. The number of hydrogen-bond donors (Lipinski definition) is 1. The normalized spacial score (nSPS) is 16.4. The molecule has 1 aliphatic rings. The summed E-state index contributed by atoms with van der Waals surface area (Å²) in [5.41, 5.74) is 0.547. The van der Waals surface area contributed by atoms with Crippen LogP contribution in [-0.4, -0.2) is 46.5 Å². The van der Waals surface area contributed by atoms with Gasteiger partial charge in [0.2, 0.25) is 0 Å². The van der Waals surface area contributed by atoms with Crippen LogP contribution in [0.5, 0.6) is 0 Å². The third kappa shape index (κ3) is 3.00. The minimum atomic E-state index is -0.122. The second-order valence-electron chi connectivity index (χ2n) is 5.95. The molecule has 0 saturated carbocycles. The predicted molar refractivity (Wildman–Crippen MR) is 88.1 cm³/mol. The van der Waals surface area contributed by atoms with E-state index in [0.717, 1.165) is 30.9 Å². The Hall–Kier alpha value is -3.10. The molecule has 128 valence electrons. The van der Waals surface area contributed by atoms with Crippen LogP contribution in [0.3, 0.4) is 0 Å². The molecular weight excluding hydrogens is 320 g/mol. The van der Waals surface area contributed by atoms with Crippen molar-refractivity contribution in [2.45, 2.75) is 38.8 Å². The lowest BCUT2D eigenvalue weighted by Crippen LogP contribution is -2.41. The van der Waals surface area contributed by atoms with Gasteiger partial charge in [0.05, 0.1) is 0 Å². The molecule has 4 heterocycles. The Morgan fingerprint density at radius 1 is 1.40 bits per heavy atom. The molecule has 3 aromatic rings. The van der Waals surface area contributed by atoms with Crippen molar-refractivity contribution in [1.82, 2.24) is 39.8 Å². The number of carbonyl (C=O) groups is 1. The lowest BCUT2D eigenvalue weighted by molar-refractivity contribution is 0.0927. The summed E-state index contributed by atoms with van der Waals surface area (Å²) >= 11 is 0. The number of rotatable bonds is 4. The molecule has 1 aliphatic heterocycles. The Balaban J connectivity index is 1.49. The van der Waals surface area contributed by atoms with E-state index in [1.165, 1.54) is 11.0 Å². The summed E-state index contributed by atoms with van der Waals surface area (Å²) in [6.45, 7) is 2.76. The first-order valence-corrected chi connectivity index (χ1v) is 8.27. The van der Waals surface area contributed by atoms with Gasteiger partial charge in [-0.05, 0) is 18.6 Å². The van der Waals surface area contributed by atoms with Crippen LogP contribution in [0.15, 0.2) is 31.0 Å². The van der Waals surface area contributed by atoms with Crippen molar-refractivity contribution in [3.05, 3.63) is 48.2 Å². The number of carbonyl (C=O) groups excluding carboxylic acids is 1. The van der Waals surface area contributed by atoms with Gasteiger partial charge >= 0.3 is 0 Å². The van der Waals surface area contributed by atoms with Crippen molar-refractivity contribution in [2.75, 3.05) is 0 Å². The van der Waals surface area contributed by atoms with E-state index >= 15 is 0 Å². The summed E-state index contributed by atoms with van der Waals surface area (Å²) in [7, 11) is 0. The van der Waals surface area contributed by atoms with Gasteiger partial charge in [-0.25, -0.2) is 14.6 Å². The molecule has 0 fully saturated rings. The second-order valence-corrected chi connectivity index (χ2v) is 5.95. The highest BCUT2D eigenvalue weighted by molar-refractivity contribution is 5.94. The molecule has 1 amide bonds. The first-order chi connectivity index (χ1) is 12.2. The number of fused-ring (bicyclic) bond motifs is 1. The van der Waals surface area contributed by atoms with Gasteiger partial charge in [0.1, 0.15) is 24.3 Å². The van der Waals surface area contributed by atoms with Crippen LogP contribution >= 0.6 is 0 Å². The summed E-state index contributed by atoms with van der Waals surface area (Å²) in [6, 6.07) is 3.46. The number of aryl methyl sites for hydroxylation is 2. The third-order valence-electron chi connectivity index (χ3n) is 4.34. The summed E-state index contributed by atoms with van der Waals surface area (Å²) < 4.78 is 3.64. The van der Waals surface area contributed by atoms with Gasteiger partial charge in [0, 0.05) is 37.2 Å². The highest BCUT2D eigenvalue weighted by atomic mass is 16.1. The van der Waals surface area contributed by atoms with E-state index in [1.54, 1.807) is 24.7 Å². The monoisotopic (exact) mass is 338 g/mol. The molecule has 0 aromatic carbocycles. The number of nitrogens with one attached hydrogen (secondary N) is 1. The van der Waals surface area contributed by atoms with Gasteiger partial charge in [-0.1, -0.05) is 6.92 Å². The zero-order valence-electron chi connectivity index (χ0n) is 13.8. The molecule has 1 N–H and O–H groups in total. The first-order valence-electron chi connectivity index (χ1n) is 8.27. The van der Waals surface area contributed by atoms with Crippen molar-refractivity contribution < 1.29 is 4.79 Å². The van der Waals surface area contributed by atoms with Gasteiger partial charge < -0.3 is 9.88 Å². The van der Waals surface area contributed by atoms with Crippen molar-refractivity contribution in [3.63, 3.8) is 0 Å². The van der Waals surface area contributed by atoms with Gasteiger partial charge in [-0.3, -0.25) is 4.79 Å². The van der Waals surface area contributed by atoms with Crippen LogP contribution in [0, 0.1) is 0 Å². The van der Waals surface area contributed by atoms with Gasteiger partial charge in [-0.15, -0.1) is 10.2 Å². The molecule has 25 heavy (non-hydrogen) atoms. The third-order valence-corrected chi connectivity index (χ3v) is 4.34. The molecule has 0 spiro atoms. The SMILES string of the molecule is CCc1nnc2n1CC(NC(=O)c1ccnc(-n3cncn3)c1)CC2. The van der Waals surface area contributed by atoms with Crippen LogP contribution in [0.1, 0.15) is 35.4 Å². The number of amides is 1. The van der Waals surface area contributed by atoms with Gasteiger partial charge in [-0.2, -0.15) is 5.10 Å². The lowest BCUT2D eigenvalue weighted by atomic mass is 10.1. The molecule has 9 heteroatoms. The van der Waals surface area contributed by atoms with Crippen molar-refractivity contribution in [1.29, 1.82) is 0 Å². The Morgan fingerprint density at radius 2 is 2.32 bits per heavy atom. The van der Waals surface area contributed by atoms with E-state index in [4.69, 9.17) is 0 Å². The number of pyridine rings is 1. The predicted octanol–water partition coefficient (Wildman–Crippen LogP) is 0.561. The smallest absolute Gasteiger partial charge is 0.251 e. The molecule has 9 nitrogen and oxygen atoms in total. The van der Waals surface area contributed by atoms with E-state index in [2.05, 4.69) is 42.1 Å². The molecule has 0 aliphatic carbocycles. The zero-order valence-corrected chi connectivity index (χ0v) is 13.8. The number of nitrogens with zero attached hydrogens (tertiary/aromatic N) is 7. The zero-order chi connectivity index (χ0) is 17.2. The van der Waals surface area contributed by atoms with E-state index in [9.17, 15) is 4.79 Å². The molecular formula is C16H18N8O. The lowest BCUT2D eigenvalue weighted by Gasteiger charge is -2.25. The Bertz CT molecular complexity index is 872. The quantitative estimate of drug-likeness (QED) is 0.745. The van der Waals surface area contributed by atoms with E-state index in [-0.39, 0.29) is 11.9 Å². The van der Waals surface area contributed by atoms with Crippen molar-refractivity contribution in [2.24, 2.45) is 0 Å². The largest absolute Gasteiger partial charge is 0.347 e. The van der Waals surface area contributed by atoms with Gasteiger partial charge in [0.15, 0.2) is 5.82 Å². The summed E-state index contributed by atoms with van der Waals surface area (Å²) in [5.74, 6) is 2.40. The molecule has 0 bridgehead atoms. The van der Waals surface area contributed by atoms with Crippen LogP contribution in [0.25, 0.3) is 5.82 Å². The topological polar surface area (TPSA) is 103 Å². The van der Waals surface area contributed by atoms with Crippen molar-refractivity contribution in [3.8, 4) is 5.82 Å². The Kier molecular flexibility index (Phi) is 3.96. The Morgan fingerprint density at radius 3 is 3.12 bits per heavy atom. The van der Waals surface area contributed by atoms with E-state index in [1.807, 2.05) is 0 Å². The number of hydrogen-bond acceptors (Lipinski definition) is 6. The summed E-state index contributed by atoms with van der Waals surface area (Å²) in [5, 5.41) is 15.6. The fraction of sp³-hybridized carbons (Fsp3) is 0.375. The molecule has 0 saturated heterocycles. The van der Waals surface area contributed by atoms with Crippen molar-refractivity contribution >= 4 is 5.91 Å². The summed E-state index contributed by atoms with van der Waals surface area (Å²) in [4.78, 5) is 20.7. The molecule has 1 unspecified atom stereocenters. The Labute approximate surface area is 144 Å². The average molecular weight is 338 g/mol. The van der Waals surface area contributed by atoms with Crippen LogP contribution < -0.4 is 5.32 Å². The molecule has 0 radical (unpaired) electrons. The van der Waals surface area contributed by atoms with Crippen LogP contribution in [0.4, 0.5) is 0 Å². The molecule has 1 atom stereocenters. The molecule has 3 aromatic heterocycles. The minimum absolute atomic E-state index is 0.0595. The average Bonchev–Trinajstić information content (AvgIpc) is 3.31. The summed E-state index contributed by atoms with van der Waals surface area (Å²) in [6.07, 6.45) is 7.08. The maximum Gasteiger partial charge on any atom is 0.251 e. The van der Waals surface area contributed by atoms with Gasteiger partial charge in [0.25, 0.3) is 5.91 Å². The highest BCUT2D eigenvalue weighted by Crippen LogP contribution is 2.16. The van der Waals surface area contributed by atoms with Crippen LogP contribution in [-0.2, 0) is 19.4 Å². The standard InChI is InChI=1S/C16H18N8O/c1-2-13-21-22-14-4-3-12(8-23(13)14)20-16(25)11-5-6-18-15(7-11)24-10-17-9-19-24/h5-7,9-10,12H,2-4,8H2,1H3,(H,20,25). The van der Waals surface area contributed by atoms with Crippen LogP contribution in [0.2, 0.25) is 0 Å². The number of aromatic nitrogens is 7. The second kappa shape index (κ2) is 6.42. The minimum Gasteiger partial charge on any atom is -0.347 e. The first kappa shape index (κ1) is 15.4. The molecule has 4 rings (SSSR count). The maximum absolute atomic E-state index is 12.6. The highest BCUT2D eigenvalue weighted by Gasteiger charge is 2.24. The fourth-order valence-corrected chi connectivity index (χ4v) is 3.04. The van der Waals surface area contributed by atoms with E-state index < -0.39 is 0 Å². The van der Waals surface area contributed by atoms with E-state index in [0.29, 0.717) is 17.9 Å². The fourth-order valence-electron chi connectivity index (χ4n) is 3.04.